The minimum Gasteiger partial charge on any atom is -0.482 e. The summed E-state index contributed by atoms with van der Waals surface area (Å²) in [6, 6.07) is 5.91. The Morgan fingerprint density at radius 2 is 2.05 bits per heavy atom. The van der Waals surface area contributed by atoms with Crippen molar-refractivity contribution in [2.75, 3.05) is 13.7 Å². The van der Waals surface area contributed by atoms with Crippen LogP contribution in [0, 0.1) is 0 Å². The molecule has 1 unspecified atom stereocenters. The van der Waals surface area contributed by atoms with Gasteiger partial charge in [0.25, 0.3) is 0 Å². The number of esters is 1. The largest absolute Gasteiger partial charge is 0.482 e. The van der Waals surface area contributed by atoms with Gasteiger partial charge in [0.05, 0.1) is 6.10 Å². The summed E-state index contributed by atoms with van der Waals surface area (Å²) in [5.41, 5.74) is 1.00. The SMILES string of the molecule is CNC(C)c1ccc(Br)cc1OCC(=O)OC(C)C. The van der Waals surface area contributed by atoms with E-state index in [9.17, 15) is 4.79 Å². The van der Waals surface area contributed by atoms with Gasteiger partial charge in [0.1, 0.15) is 5.75 Å². The molecule has 0 spiro atoms. The lowest BCUT2D eigenvalue weighted by molar-refractivity contribution is -0.149. The lowest BCUT2D eigenvalue weighted by Gasteiger charge is -2.17. The van der Waals surface area contributed by atoms with E-state index < -0.39 is 0 Å². The smallest absolute Gasteiger partial charge is 0.344 e. The number of carbonyl (C=O) groups is 1. The Hall–Kier alpha value is -1.07. The first-order valence-electron chi connectivity index (χ1n) is 6.23. The van der Waals surface area contributed by atoms with Gasteiger partial charge in [-0.1, -0.05) is 22.0 Å². The number of hydrogen-bond acceptors (Lipinski definition) is 4. The molecule has 1 atom stereocenters. The Morgan fingerprint density at radius 1 is 1.37 bits per heavy atom. The van der Waals surface area contributed by atoms with Crippen molar-refractivity contribution in [3.8, 4) is 5.75 Å². The summed E-state index contributed by atoms with van der Waals surface area (Å²) in [7, 11) is 1.88. The Balaban J connectivity index is 2.76. The number of rotatable bonds is 6. The highest BCUT2D eigenvalue weighted by molar-refractivity contribution is 9.10. The molecule has 106 valence electrons. The maximum absolute atomic E-state index is 11.5. The molecule has 0 aliphatic carbocycles. The van der Waals surface area contributed by atoms with E-state index >= 15 is 0 Å². The molecule has 0 aliphatic rings. The number of benzene rings is 1. The van der Waals surface area contributed by atoms with E-state index in [2.05, 4.69) is 21.2 Å². The molecule has 1 aromatic carbocycles. The fraction of sp³-hybridized carbons (Fsp3) is 0.500. The third-order valence-electron chi connectivity index (χ3n) is 2.59. The van der Waals surface area contributed by atoms with Crippen LogP contribution in [0.15, 0.2) is 22.7 Å². The van der Waals surface area contributed by atoms with Gasteiger partial charge in [0, 0.05) is 16.1 Å². The van der Waals surface area contributed by atoms with E-state index in [1.807, 2.05) is 46.0 Å². The Labute approximate surface area is 122 Å². The third kappa shape index (κ3) is 5.20. The quantitative estimate of drug-likeness (QED) is 0.815. The zero-order valence-electron chi connectivity index (χ0n) is 11.7. The summed E-state index contributed by atoms with van der Waals surface area (Å²) in [4.78, 5) is 11.5. The molecule has 0 saturated carbocycles. The van der Waals surface area contributed by atoms with E-state index in [1.54, 1.807) is 0 Å². The van der Waals surface area contributed by atoms with Gasteiger partial charge >= 0.3 is 5.97 Å². The minimum absolute atomic E-state index is 0.0853. The van der Waals surface area contributed by atoms with Crippen molar-refractivity contribution in [1.29, 1.82) is 0 Å². The van der Waals surface area contributed by atoms with Gasteiger partial charge in [-0.25, -0.2) is 4.79 Å². The summed E-state index contributed by atoms with van der Waals surface area (Å²) in [6.45, 7) is 5.57. The van der Waals surface area contributed by atoms with E-state index in [-0.39, 0.29) is 24.7 Å². The molecule has 0 heterocycles. The number of hydrogen-bond donors (Lipinski definition) is 1. The van der Waals surface area contributed by atoms with Crippen LogP contribution in [0.25, 0.3) is 0 Å². The molecule has 0 radical (unpaired) electrons. The van der Waals surface area contributed by atoms with Crippen LogP contribution in [0.3, 0.4) is 0 Å². The summed E-state index contributed by atoms with van der Waals surface area (Å²) in [5, 5.41) is 3.15. The number of nitrogens with one attached hydrogen (secondary N) is 1. The Morgan fingerprint density at radius 3 is 2.63 bits per heavy atom. The maximum Gasteiger partial charge on any atom is 0.344 e. The number of ether oxygens (including phenoxy) is 2. The maximum atomic E-state index is 11.5. The van der Waals surface area contributed by atoms with Crippen molar-refractivity contribution in [3.05, 3.63) is 28.2 Å². The molecular formula is C14H20BrNO3. The Kier molecular flexibility index (Phi) is 6.31. The second-order valence-electron chi connectivity index (χ2n) is 4.52. The van der Waals surface area contributed by atoms with Crippen LogP contribution in [-0.2, 0) is 9.53 Å². The molecule has 1 rings (SSSR count). The van der Waals surface area contributed by atoms with Gasteiger partial charge < -0.3 is 14.8 Å². The standard InChI is InChI=1S/C14H20BrNO3/c1-9(2)19-14(17)8-18-13-7-11(15)5-6-12(13)10(3)16-4/h5-7,9-10,16H,8H2,1-4H3. The van der Waals surface area contributed by atoms with Crippen molar-refractivity contribution < 1.29 is 14.3 Å². The van der Waals surface area contributed by atoms with Crippen LogP contribution >= 0.6 is 15.9 Å². The van der Waals surface area contributed by atoms with Crippen LogP contribution < -0.4 is 10.1 Å². The lowest BCUT2D eigenvalue weighted by Crippen LogP contribution is -2.20. The van der Waals surface area contributed by atoms with Crippen molar-refractivity contribution in [2.45, 2.75) is 32.9 Å². The van der Waals surface area contributed by atoms with Gasteiger partial charge in [-0.05, 0) is 40.0 Å². The van der Waals surface area contributed by atoms with Crippen molar-refractivity contribution in [3.63, 3.8) is 0 Å². The molecule has 1 N–H and O–H groups in total. The first-order valence-corrected chi connectivity index (χ1v) is 7.02. The lowest BCUT2D eigenvalue weighted by atomic mass is 10.1. The molecule has 0 fully saturated rings. The van der Waals surface area contributed by atoms with Gasteiger partial charge in [-0.3, -0.25) is 0 Å². The van der Waals surface area contributed by atoms with Crippen molar-refractivity contribution in [2.24, 2.45) is 0 Å². The topological polar surface area (TPSA) is 47.6 Å². The van der Waals surface area contributed by atoms with E-state index in [0.29, 0.717) is 5.75 Å². The minimum atomic E-state index is -0.363. The summed E-state index contributed by atoms with van der Waals surface area (Å²) >= 11 is 3.40. The predicted octanol–water partition coefficient (Wildman–Crippen LogP) is 3.06. The van der Waals surface area contributed by atoms with Gasteiger partial charge in [-0.2, -0.15) is 0 Å². The summed E-state index contributed by atoms with van der Waals surface area (Å²) < 4.78 is 11.5. The Bertz CT molecular complexity index is 435. The van der Waals surface area contributed by atoms with Crippen LogP contribution in [-0.4, -0.2) is 25.7 Å². The first-order chi connectivity index (χ1) is 8.93. The molecule has 0 bridgehead atoms. The fourth-order valence-electron chi connectivity index (χ4n) is 1.58. The summed E-state index contributed by atoms with van der Waals surface area (Å²) in [6.07, 6.45) is -0.130. The van der Waals surface area contributed by atoms with Crippen molar-refractivity contribution >= 4 is 21.9 Å². The average molecular weight is 330 g/mol. The highest BCUT2D eigenvalue weighted by Gasteiger charge is 2.13. The average Bonchev–Trinajstić information content (AvgIpc) is 2.34. The molecule has 0 saturated heterocycles. The fourth-order valence-corrected chi connectivity index (χ4v) is 1.92. The molecule has 0 aliphatic heterocycles. The molecule has 1 aromatic rings. The number of carbonyl (C=O) groups excluding carboxylic acids is 1. The van der Waals surface area contributed by atoms with E-state index in [0.717, 1.165) is 10.0 Å². The highest BCUT2D eigenvalue weighted by Crippen LogP contribution is 2.28. The molecule has 0 amide bonds. The predicted molar refractivity (Wildman–Crippen MR) is 78.3 cm³/mol. The van der Waals surface area contributed by atoms with E-state index in [4.69, 9.17) is 9.47 Å². The monoisotopic (exact) mass is 329 g/mol. The molecular weight excluding hydrogens is 310 g/mol. The third-order valence-corrected chi connectivity index (χ3v) is 3.08. The van der Waals surface area contributed by atoms with Crippen LogP contribution in [0.4, 0.5) is 0 Å². The first kappa shape index (κ1) is 16.0. The second kappa shape index (κ2) is 7.50. The van der Waals surface area contributed by atoms with E-state index in [1.165, 1.54) is 0 Å². The van der Waals surface area contributed by atoms with Gasteiger partial charge in [0.15, 0.2) is 6.61 Å². The highest BCUT2D eigenvalue weighted by atomic mass is 79.9. The molecule has 0 aromatic heterocycles. The molecule has 19 heavy (non-hydrogen) atoms. The zero-order chi connectivity index (χ0) is 14.4. The zero-order valence-corrected chi connectivity index (χ0v) is 13.3. The van der Waals surface area contributed by atoms with Crippen LogP contribution in [0.2, 0.25) is 0 Å². The molecule has 5 heteroatoms. The molecule has 4 nitrogen and oxygen atoms in total. The summed E-state index contributed by atoms with van der Waals surface area (Å²) in [5.74, 6) is 0.315. The normalized spacial score (nSPS) is 12.3. The van der Waals surface area contributed by atoms with Crippen molar-refractivity contribution in [1.82, 2.24) is 5.32 Å². The van der Waals surface area contributed by atoms with Gasteiger partial charge in [-0.15, -0.1) is 0 Å². The van der Waals surface area contributed by atoms with Crippen LogP contribution in [0.1, 0.15) is 32.4 Å². The van der Waals surface area contributed by atoms with Gasteiger partial charge in [0.2, 0.25) is 0 Å². The second-order valence-corrected chi connectivity index (χ2v) is 5.44. The number of halogens is 1. The van der Waals surface area contributed by atoms with Crippen LogP contribution in [0.5, 0.6) is 5.75 Å².